The van der Waals surface area contributed by atoms with Crippen LogP contribution in [-0.2, 0) is 4.79 Å². The molecule has 0 bridgehead atoms. The number of carbonyl (C=O) groups excluding carboxylic acids is 1. The molecule has 2 unspecified atom stereocenters. The number of nitrogens with one attached hydrogen (secondary N) is 2. The molecule has 2 atom stereocenters. The van der Waals surface area contributed by atoms with Gasteiger partial charge in [-0.25, -0.2) is 0 Å². The molecule has 2 aliphatic heterocycles. The second-order valence-electron chi connectivity index (χ2n) is 3.24. The van der Waals surface area contributed by atoms with Crippen molar-refractivity contribution >= 4 is 17.7 Å². The van der Waals surface area contributed by atoms with Gasteiger partial charge in [0.05, 0.1) is 17.2 Å². The summed E-state index contributed by atoms with van der Waals surface area (Å²) in [4.78, 5) is 11.0. The van der Waals surface area contributed by atoms with Gasteiger partial charge in [0, 0.05) is 6.54 Å². The van der Waals surface area contributed by atoms with Crippen molar-refractivity contribution in [3.8, 4) is 0 Å². The van der Waals surface area contributed by atoms with E-state index in [2.05, 4.69) is 17.2 Å². The van der Waals surface area contributed by atoms with Gasteiger partial charge in [-0.05, 0) is 6.42 Å². The van der Waals surface area contributed by atoms with Crippen LogP contribution in [0.15, 0.2) is 12.2 Å². The Bertz CT molecular complexity index is 207. The predicted molar refractivity (Wildman–Crippen MR) is 49.9 cm³/mol. The van der Waals surface area contributed by atoms with Gasteiger partial charge in [0.25, 0.3) is 0 Å². The van der Waals surface area contributed by atoms with Crippen molar-refractivity contribution < 1.29 is 4.79 Å². The lowest BCUT2D eigenvalue weighted by atomic mass is 10.0. The number of rotatable bonds is 0. The fourth-order valence-electron chi connectivity index (χ4n) is 1.59. The number of thioether (sulfide) groups is 1. The van der Waals surface area contributed by atoms with Crippen LogP contribution < -0.4 is 10.6 Å². The first kappa shape index (κ1) is 8.13. The van der Waals surface area contributed by atoms with E-state index in [1.807, 2.05) is 0 Å². The van der Waals surface area contributed by atoms with Crippen molar-refractivity contribution in [2.75, 3.05) is 12.3 Å². The molecule has 1 amide bonds. The van der Waals surface area contributed by atoms with Crippen LogP contribution in [0.4, 0.5) is 0 Å². The van der Waals surface area contributed by atoms with E-state index in [1.54, 1.807) is 11.8 Å². The molecule has 2 rings (SSSR count). The van der Waals surface area contributed by atoms with E-state index in [-0.39, 0.29) is 11.9 Å². The first-order valence-electron chi connectivity index (χ1n) is 4.07. The van der Waals surface area contributed by atoms with Gasteiger partial charge in [-0.1, -0.05) is 12.2 Å². The fraction of sp³-hybridized carbons (Fsp3) is 0.625. The molecule has 66 valence electrons. The highest BCUT2D eigenvalue weighted by molar-refractivity contribution is 8.00. The third-order valence-corrected chi connectivity index (χ3v) is 3.45. The van der Waals surface area contributed by atoms with E-state index < -0.39 is 0 Å². The molecule has 0 radical (unpaired) electrons. The van der Waals surface area contributed by atoms with E-state index in [0.717, 1.165) is 13.0 Å². The minimum absolute atomic E-state index is 0.151. The molecule has 3 nitrogen and oxygen atoms in total. The lowest BCUT2D eigenvalue weighted by molar-refractivity contribution is -0.119. The largest absolute Gasteiger partial charge is 0.350 e. The quantitative estimate of drug-likeness (QED) is 0.524. The van der Waals surface area contributed by atoms with Crippen LogP contribution in [0.5, 0.6) is 0 Å². The lowest BCUT2D eigenvalue weighted by Crippen LogP contribution is -2.56. The maximum atomic E-state index is 11.0. The molecule has 2 saturated heterocycles. The zero-order valence-corrected chi connectivity index (χ0v) is 7.62. The van der Waals surface area contributed by atoms with Gasteiger partial charge in [0.2, 0.25) is 5.91 Å². The Balaban J connectivity index is 2.03. The molecule has 4 heteroatoms. The van der Waals surface area contributed by atoms with Crippen molar-refractivity contribution in [1.29, 1.82) is 0 Å². The Morgan fingerprint density at radius 3 is 3.25 bits per heavy atom. The van der Waals surface area contributed by atoms with Gasteiger partial charge < -0.3 is 5.32 Å². The second-order valence-corrected chi connectivity index (χ2v) is 4.37. The molecule has 2 N–H and O–H groups in total. The fourth-order valence-corrected chi connectivity index (χ4v) is 2.61. The van der Waals surface area contributed by atoms with E-state index in [1.165, 1.54) is 5.57 Å². The molecule has 0 saturated carbocycles. The summed E-state index contributed by atoms with van der Waals surface area (Å²) in [6, 6.07) is 0.262. The number of hydrogen-bond donors (Lipinski definition) is 2. The monoisotopic (exact) mass is 184 g/mol. The average Bonchev–Trinajstić information content (AvgIpc) is 2.03. The van der Waals surface area contributed by atoms with Crippen molar-refractivity contribution in [3.63, 3.8) is 0 Å². The summed E-state index contributed by atoms with van der Waals surface area (Å²) in [6.45, 7) is 4.80. The second kappa shape index (κ2) is 3.11. The molecule has 0 aromatic carbocycles. The molecule has 2 aliphatic rings. The minimum Gasteiger partial charge on any atom is -0.350 e. The topological polar surface area (TPSA) is 41.1 Å². The summed E-state index contributed by atoms with van der Waals surface area (Å²) in [6.07, 6.45) is 0.927. The summed E-state index contributed by atoms with van der Waals surface area (Å²) >= 11 is 1.69. The SMILES string of the molecule is C=C1CNC2SCC(=O)NC2C1. The third kappa shape index (κ3) is 1.49. The Kier molecular flexibility index (Phi) is 2.11. The standard InChI is InChI=1S/C8H12N2OS/c1-5-2-6-8(9-3-5)12-4-7(11)10-6/h6,8-9H,1-4H2,(H,10,11). The Hall–Kier alpha value is -0.480. The zero-order chi connectivity index (χ0) is 8.55. The van der Waals surface area contributed by atoms with Crippen LogP contribution in [0.3, 0.4) is 0 Å². The average molecular weight is 184 g/mol. The molecule has 0 aliphatic carbocycles. The number of amides is 1. The Morgan fingerprint density at radius 2 is 2.42 bits per heavy atom. The predicted octanol–water partition coefficient (Wildman–Crippen LogP) is 0.0936. The molecular formula is C8H12N2OS. The summed E-state index contributed by atoms with van der Waals surface area (Å²) in [5.41, 5.74) is 1.18. The normalized spacial score (nSPS) is 35.7. The summed E-state index contributed by atoms with van der Waals surface area (Å²) in [5.74, 6) is 0.735. The van der Waals surface area contributed by atoms with Crippen molar-refractivity contribution in [1.82, 2.24) is 10.6 Å². The highest BCUT2D eigenvalue weighted by Gasteiger charge is 2.31. The lowest BCUT2D eigenvalue weighted by Gasteiger charge is -2.36. The highest BCUT2D eigenvalue weighted by Crippen LogP contribution is 2.24. The molecule has 0 aromatic rings. The van der Waals surface area contributed by atoms with Crippen molar-refractivity contribution in [3.05, 3.63) is 12.2 Å². The summed E-state index contributed by atoms with van der Waals surface area (Å²) in [5, 5.41) is 6.70. The van der Waals surface area contributed by atoms with Crippen molar-refractivity contribution in [2.24, 2.45) is 0 Å². The molecule has 12 heavy (non-hydrogen) atoms. The first-order chi connectivity index (χ1) is 5.75. The Morgan fingerprint density at radius 1 is 1.58 bits per heavy atom. The maximum absolute atomic E-state index is 11.0. The van der Waals surface area contributed by atoms with Crippen molar-refractivity contribution in [2.45, 2.75) is 17.8 Å². The van der Waals surface area contributed by atoms with Gasteiger partial charge in [-0.2, -0.15) is 0 Å². The minimum atomic E-state index is 0.151. The molecule has 2 heterocycles. The van der Waals surface area contributed by atoms with Crippen LogP contribution in [0.25, 0.3) is 0 Å². The van der Waals surface area contributed by atoms with Gasteiger partial charge in [0.1, 0.15) is 0 Å². The van der Waals surface area contributed by atoms with Crippen LogP contribution in [0.1, 0.15) is 6.42 Å². The Labute approximate surface area is 76.0 Å². The number of fused-ring (bicyclic) bond motifs is 1. The summed E-state index contributed by atoms with van der Waals surface area (Å²) in [7, 11) is 0. The highest BCUT2D eigenvalue weighted by atomic mass is 32.2. The third-order valence-electron chi connectivity index (χ3n) is 2.17. The molecular weight excluding hydrogens is 172 g/mol. The van der Waals surface area contributed by atoms with Gasteiger partial charge in [-0.15, -0.1) is 11.8 Å². The first-order valence-corrected chi connectivity index (χ1v) is 5.11. The van der Waals surface area contributed by atoms with Gasteiger partial charge >= 0.3 is 0 Å². The van der Waals surface area contributed by atoms with Crippen LogP contribution in [-0.4, -0.2) is 29.6 Å². The zero-order valence-electron chi connectivity index (χ0n) is 6.80. The van der Waals surface area contributed by atoms with E-state index in [0.29, 0.717) is 11.1 Å². The smallest absolute Gasteiger partial charge is 0.230 e. The number of hydrogen-bond acceptors (Lipinski definition) is 3. The summed E-state index contributed by atoms with van der Waals surface area (Å²) < 4.78 is 0. The van der Waals surface area contributed by atoms with E-state index >= 15 is 0 Å². The van der Waals surface area contributed by atoms with Crippen LogP contribution in [0, 0.1) is 0 Å². The van der Waals surface area contributed by atoms with Crippen LogP contribution >= 0.6 is 11.8 Å². The van der Waals surface area contributed by atoms with Gasteiger partial charge in [-0.3, -0.25) is 10.1 Å². The van der Waals surface area contributed by atoms with Gasteiger partial charge in [0.15, 0.2) is 0 Å². The number of piperidine rings is 1. The van der Waals surface area contributed by atoms with Crippen LogP contribution in [0.2, 0.25) is 0 Å². The van der Waals surface area contributed by atoms with E-state index in [4.69, 9.17) is 0 Å². The number of carbonyl (C=O) groups is 1. The molecule has 2 fully saturated rings. The molecule has 0 spiro atoms. The van der Waals surface area contributed by atoms with E-state index in [9.17, 15) is 4.79 Å². The molecule has 0 aromatic heterocycles. The maximum Gasteiger partial charge on any atom is 0.230 e.